The van der Waals surface area contributed by atoms with Crippen molar-refractivity contribution in [2.75, 3.05) is 13.1 Å². The molecule has 6 nitrogen and oxygen atoms in total. The number of amides is 1. The van der Waals surface area contributed by atoms with Crippen LogP contribution in [-0.4, -0.2) is 45.2 Å². The van der Waals surface area contributed by atoms with Gasteiger partial charge in [-0.3, -0.25) is 4.79 Å². The average molecular weight is 322 g/mol. The summed E-state index contributed by atoms with van der Waals surface area (Å²) in [5.41, 5.74) is 2.59. The molecule has 1 saturated heterocycles. The summed E-state index contributed by atoms with van der Waals surface area (Å²) in [6.07, 6.45) is 2.64. The summed E-state index contributed by atoms with van der Waals surface area (Å²) in [5.74, 6) is 0.549. The van der Waals surface area contributed by atoms with E-state index in [1.54, 1.807) is 0 Å². The number of benzene rings is 1. The van der Waals surface area contributed by atoms with Gasteiger partial charge in [0.25, 0.3) is 5.91 Å². The van der Waals surface area contributed by atoms with Crippen molar-refractivity contribution in [2.24, 2.45) is 0 Å². The number of hydrogen-bond donors (Lipinski definition) is 1. The maximum atomic E-state index is 12.7. The smallest absolute Gasteiger partial charge is 0.254 e. The number of ether oxygens (including phenoxy) is 1. The summed E-state index contributed by atoms with van der Waals surface area (Å²) in [5, 5.41) is 9.05. The van der Waals surface area contributed by atoms with E-state index in [2.05, 4.69) is 15.2 Å². The molecule has 122 valence electrons. The van der Waals surface area contributed by atoms with Gasteiger partial charge >= 0.3 is 0 Å². The third-order valence-electron chi connectivity index (χ3n) is 4.29. The average Bonchev–Trinajstić information content (AvgIpc) is 3.24. The molecule has 1 aromatic carbocycles. The highest BCUT2D eigenvalue weighted by atomic mass is 16.5. The Morgan fingerprint density at radius 3 is 3.00 bits per heavy atom. The molecule has 0 aliphatic carbocycles. The summed E-state index contributed by atoms with van der Waals surface area (Å²) in [6, 6.07) is 11.4. The van der Waals surface area contributed by atoms with Gasteiger partial charge < -0.3 is 14.6 Å². The predicted octanol–water partition coefficient (Wildman–Crippen LogP) is 2.56. The molecule has 1 fully saturated rings. The van der Waals surface area contributed by atoms with Crippen LogP contribution in [0.25, 0.3) is 10.9 Å². The lowest BCUT2D eigenvalue weighted by Crippen LogP contribution is -2.31. The second-order valence-electron chi connectivity index (χ2n) is 6.07. The molecule has 6 heteroatoms. The summed E-state index contributed by atoms with van der Waals surface area (Å²) in [4.78, 5) is 17.7. The van der Waals surface area contributed by atoms with Gasteiger partial charge in [0.2, 0.25) is 5.88 Å². The Hall–Kier alpha value is -2.89. The fourth-order valence-electron chi connectivity index (χ4n) is 3.00. The molecule has 1 atom stereocenters. The molecule has 2 aromatic heterocycles. The number of aromatic amines is 1. The molecule has 1 aliphatic heterocycles. The Kier molecular flexibility index (Phi) is 3.65. The van der Waals surface area contributed by atoms with Crippen molar-refractivity contribution in [3.63, 3.8) is 0 Å². The molecule has 0 spiro atoms. The third-order valence-corrected chi connectivity index (χ3v) is 4.29. The van der Waals surface area contributed by atoms with Crippen LogP contribution in [-0.2, 0) is 0 Å². The molecule has 1 N–H and O–H groups in total. The Labute approximate surface area is 139 Å². The SMILES string of the molecule is Cc1ccc(O[C@@H]2CCN(C(=O)c3ccc4[nH]ccc4c3)C2)nn1. The van der Waals surface area contributed by atoms with Crippen molar-refractivity contribution in [3.8, 4) is 5.88 Å². The van der Waals surface area contributed by atoms with Crippen molar-refractivity contribution < 1.29 is 9.53 Å². The van der Waals surface area contributed by atoms with Crippen LogP contribution in [0.5, 0.6) is 5.88 Å². The van der Waals surface area contributed by atoms with Crippen LogP contribution in [0.2, 0.25) is 0 Å². The van der Waals surface area contributed by atoms with Crippen LogP contribution in [0.4, 0.5) is 0 Å². The van der Waals surface area contributed by atoms with Gasteiger partial charge in [0, 0.05) is 41.7 Å². The minimum Gasteiger partial charge on any atom is -0.471 e. The van der Waals surface area contributed by atoms with Gasteiger partial charge in [0.05, 0.1) is 12.2 Å². The van der Waals surface area contributed by atoms with Crippen molar-refractivity contribution in [1.29, 1.82) is 0 Å². The highest BCUT2D eigenvalue weighted by Gasteiger charge is 2.28. The lowest BCUT2D eigenvalue weighted by molar-refractivity contribution is 0.0771. The van der Waals surface area contributed by atoms with Gasteiger partial charge in [-0.15, -0.1) is 5.10 Å². The number of nitrogens with one attached hydrogen (secondary N) is 1. The highest BCUT2D eigenvalue weighted by Crippen LogP contribution is 2.20. The van der Waals surface area contributed by atoms with Crippen LogP contribution in [0.3, 0.4) is 0 Å². The van der Waals surface area contributed by atoms with Gasteiger partial charge in [-0.2, -0.15) is 5.10 Å². The van der Waals surface area contributed by atoms with Crippen molar-refractivity contribution >= 4 is 16.8 Å². The Balaban J connectivity index is 1.43. The van der Waals surface area contributed by atoms with E-state index in [0.29, 0.717) is 24.5 Å². The monoisotopic (exact) mass is 322 g/mol. The number of fused-ring (bicyclic) bond motifs is 1. The van der Waals surface area contributed by atoms with E-state index >= 15 is 0 Å². The summed E-state index contributed by atoms with van der Waals surface area (Å²) in [6.45, 7) is 3.14. The Morgan fingerprint density at radius 2 is 2.17 bits per heavy atom. The molecule has 3 heterocycles. The molecule has 4 rings (SSSR count). The van der Waals surface area contributed by atoms with E-state index < -0.39 is 0 Å². The summed E-state index contributed by atoms with van der Waals surface area (Å²) < 4.78 is 5.83. The number of carbonyl (C=O) groups is 1. The molecule has 0 bridgehead atoms. The largest absolute Gasteiger partial charge is 0.471 e. The zero-order valence-electron chi connectivity index (χ0n) is 13.4. The summed E-state index contributed by atoms with van der Waals surface area (Å²) >= 11 is 0. The Morgan fingerprint density at radius 1 is 1.25 bits per heavy atom. The second kappa shape index (κ2) is 5.96. The first-order valence-corrected chi connectivity index (χ1v) is 8.02. The molecule has 0 unspecified atom stereocenters. The van der Waals surface area contributed by atoms with E-state index in [1.807, 2.05) is 54.4 Å². The van der Waals surface area contributed by atoms with Crippen LogP contribution < -0.4 is 4.74 Å². The number of carbonyl (C=O) groups excluding carboxylic acids is 1. The van der Waals surface area contributed by atoms with Gasteiger partial charge in [0.15, 0.2) is 0 Å². The van der Waals surface area contributed by atoms with Crippen LogP contribution in [0, 0.1) is 6.92 Å². The fourth-order valence-corrected chi connectivity index (χ4v) is 3.00. The molecule has 1 amide bonds. The molecule has 3 aromatic rings. The standard InChI is InChI=1S/C18H18N4O2/c1-12-2-5-17(21-20-12)24-15-7-9-22(11-15)18(23)14-3-4-16-13(10-14)6-8-19-16/h2-6,8,10,15,19H,7,9,11H2,1H3/t15-/m1/s1. The Bertz CT molecular complexity index is 872. The molecule has 0 saturated carbocycles. The lowest BCUT2D eigenvalue weighted by atomic mass is 10.1. The van der Waals surface area contributed by atoms with Gasteiger partial charge in [-0.25, -0.2) is 0 Å². The van der Waals surface area contributed by atoms with Crippen molar-refractivity contribution in [1.82, 2.24) is 20.1 Å². The first-order valence-electron chi connectivity index (χ1n) is 8.02. The second-order valence-corrected chi connectivity index (χ2v) is 6.07. The van der Waals surface area contributed by atoms with E-state index in [0.717, 1.165) is 23.0 Å². The first-order chi connectivity index (χ1) is 11.7. The molecule has 1 aliphatic rings. The van der Waals surface area contributed by atoms with Crippen molar-refractivity contribution in [3.05, 3.63) is 53.9 Å². The minimum atomic E-state index is -0.0399. The third kappa shape index (κ3) is 2.82. The van der Waals surface area contributed by atoms with Crippen LogP contribution >= 0.6 is 0 Å². The van der Waals surface area contributed by atoms with E-state index in [-0.39, 0.29) is 12.0 Å². The van der Waals surface area contributed by atoms with Crippen LogP contribution in [0.15, 0.2) is 42.6 Å². The zero-order valence-corrected chi connectivity index (χ0v) is 13.4. The topological polar surface area (TPSA) is 71.1 Å². The number of H-pyrrole nitrogens is 1. The van der Waals surface area contributed by atoms with E-state index in [1.165, 1.54) is 0 Å². The maximum Gasteiger partial charge on any atom is 0.254 e. The molecule has 24 heavy (non-hydrogen) atoms. The number of aryl methyl sites for hydroxylation is 1. The van der Waals surface area contributed by atoms with E-state index in [9.17, 15) is 4.79 Å². The lowest BCUT2D eigenvalue weighted by Gasteiger charge is -2.17. The number of nitrogens with zero attached hydrogens (tertiary/aromatic N) is 3. The van der Waals surface area contributed by atoms with Crippen molar-refractivity contribution in [2.45, 2.75) is 19.4 Å². The molecule has 0 radical (unpaired) electrons. The van der Waals surface area contributed by atoms with Gasteiger partial charge in [0.1, 0.15) is 6.10 Å². The molecular formula is C18H18N4O2. The quantitative estimate of drug-likeness (QED) is 0.804. The first kappa shape index (κ1) is 14.7. The number of hydrogen-bond acceptors (Lipinski definition) is 4. The normalized spacial score (nSPS) is 17.4. The fraction of sp³-hybridized carbons (Fsp3) is 0.278. The van der Waals surface area contributed by atoms with Gasteiger partial charge in [-0.1, -0.05) is 0 Å². The zero-order chi connectivity index (χ0) is 16.5. The number of likely N-dealkylation sites (tertiary alicyclic amines) is 1. The summed E-state index contributed by atoms with van der Waals surface area (Å²) in [7, 11) is 0. The van der Waals surface area contributed by atoms with Gasteiger partial charge in [-0.05, 0) is 37.3 Å². The van der Waals surface area contributed by atoms with E-state index in [4.69, 9.17) is 4.74 Å². The van der Waals surface area contributed by atoms with Crippen LogP contribution in [0.1, 0.15) is 22.5 Å². The maximum absolute atomic E-state index is 12.7. The highest BCUT2D eigenvalue weighted by molar-refractivity contribution is 5.98. The minimum absolute atomic E-state index is 0.0399. The predicted molar refractivity (Wildman–Crippen MR) is 90.0 cm³/mol. The number of aromatic nitrogens is 3. The molecular weight excluding hydrogens is 304 g/mol. The number of rotatable bonds is 3.